The second-order valence-corrected chi connectivity index (χ2v) is 12.6. The standard InChI is InChI=1S/C28H36INO4/c1-8-9-34-26-17(29)10-16(11-22(26)33-7)23-24-18(12-27(2,3)14-20(24)31)30(6)19-13-28(4,5)15-21(32)25(19)23/h10-11,23H,8-9,12-15H2,1-7H3. The Labute approximate surface area is 217 Å². The van der Waals surface area contributed by atoms with Gasteiger partial charge in [-0.05, 0) is 70.4 Å². The molecule has 0 amide bonds. The van der Waals surface area contributed by atoms with Gasteiger partial charge in [0.15, 0.2) is 23.1 Å². The van der Waals surface area contributed by atoms with Crippen molar-refractivity contribution in [2.45, 2.75) is 72.6 Å². The zero-order valence-electron chi connectivity index (χ0n) is 21.4. The number of carbonyl (C=O) groups is 2. The highest BCUT2D eigenvalue weighted by Crippen LogP contribution is 2.54. The van der Waals surface area contributed by atoms with Crippen molar-refractivity contribution in [3.8, 4) is 11.5 Å². The summed E-state index contributed by atoms with van der Waals surface area (Å²) in [5.41, 5.74) is 4.42. The average Bonchev–Trinajstić information content (AvgIpc) is 2.72. The fourth-order valence-electron chi connectivity index (χ4n) is 5.75. The second-order valence-electron chi connectivity index (χ2n) is 11.5. The van der Waals surface area contributed by atoms with E-state index in [2.05, 4.69) is 68.2 Å². The average molecular weight is 578 g/mol. The molecule has 4 rings (SSSR count). The highest BCUT2D eigenvalue weighted by molar-refractivity contribution is 14.1. The first-order chi connectivity index (χ1) is 15.9. The summed E-state index contributed by atoms with van der Waals surface area (Å²) in [6, 6.07) is 4.04. The van der Waals surface area contributed by atoms with Crippen LogP contribution < -0.4 is 9.47 Å². The van der Waals surface area contributed by atoms with Gasteiger partial charge in [0.1, 0.15) is 0 Å². The van der Waals surface area contributed by atoms with Gasteiger partial charge in [-0.25, -0.2) is 0 Å². The maximum atomic E-state index is 13.7. The molecule has 34 heavy (non-hydrogen) atoms. The summed E-state index contributed by atoms with van der Waals surface area (Å²) >= 11 is 2.27. The first-order valence-corrected chi connectivity index (χ1v) is 13.2. The maximum absolute atomic E-state index is 13.7. The zero-order chi connectivity index (χ0) is 25.0. The lowest BCUT2D eigenvalue weighted by Crippen LogP contribution is -2.43. The molecule has 0 bridgehead atoms. The van der Waals surface area contributed by atoms with E-state index in [1.54, 1.807) is 7.11 Å². The van der Waals surface area contributed by atoms with Gasteiger partial charge in [0.25, 0.3) is 0 Å². The van der Waals surface area contributed by atoms with Crippen molar-refractivity contribution in [1.29, 1.82) is 0 Å². The number of halogens is 1. The van der Waals surface area contributed by atoms with Crippen LogP contribution in [0.5, 0.6) is 11.5 Å². The van der Waals surface area contributed by atoms with Crippen molar-refractivity contribution in [1.82, 2.24) is 4.90 Å². The third kappa shape index (κ3) is 4.42. The largest absolute Gasteiger partial charge is 0.493 e. The molecular formula is C28H36INO4. The van der Waals surface area contributed by atoms with Crippen LogP contribution in [0, 0.1) is 14.4 Å². The molecule has 1 aromatic carbocycles. The quantitative estimate of drug-likeness (QED) is 0.379. The first-order valence-electron chi connectivity index (χ1n) is 12.2. The van der Waals surface area contributed by atoms with Crippen molar-refractivity contribution in [3.63, 3.8) is 0 Å². The molecule has 5 nitrogen and oxygen atoms in total. The van der Waals surface area contributed by atoms with Crippen molar-refractivity contribution in [2.75, 3.05) is 20.8 Å². The van der Waals surface area contributed by atoms with E-state index in [-0.39, 0.29) is 28.3 Å². The summed E-state index contributed by atoms with van der Waals surface area (Å²) in [6.45, 7) is 11.3. The van der Waals surface area contributed by atoms with E-state index in [1.165, 1.54) is 0 Å². The minimum atomic E-state index is -0.365. The minimum Gasteiger partial charge on any atom is -0.493 e. The summed E-state index contributed by atoms with van der Waals surface area (Å²) < 4.78 is 12.6. The summed E-state index contributed by atoms with van der Waals surface area (Å²) in [7, 11) is 3.68. The van der Waals surface area contributed by atoms with E-state index in [0.29, 0.717) is 25.2 Å². The molecular weight excluding hydrogens is 541 g/mol. The van der Waals surface area contributed by atoms with Crippen LogP contribution in [0.2, 0.25) is 0 Å². The number of allylic oxidation sites excluding steroid dienone is 4. The van der Waals surface area contributed by atoms with Crippen molar-refractivity contribution < 1.29 is 19.1 Å². The first kappa shape index (κ1) is 25.3. The summed E-state index contributed by atoms with van der Waals surface area (Å²) in [5.74, 6) is 1.29. The highest BCUT2D eigenvalue weighted by atomic mass is 127. The molecule has 6 heteroatoms. The van der Waals surface area contributed by atoms with E-state index < -0.39 is 0 Å². The Morgan fingerprint density at radius 1 is 0.971 bits per heavy atom. The van der Waals surface area contributed by atoms with E-state index >= 15 is 0 Å². The van der Waals surface area contributed by atoms with Gasteiger partial charge in [-0.2, -0.15) is 0 Å². The van der Waals surface area contributed by atoms with Crippen molar-refractivity contribution in [3.05, 3.63) is 43.8 Å². The molecule has 1 heterocycles. The minimum absolute atomic E-state index is 0.106. The molecule has 0 fully saturated rings. The van der Waals surface area contributed by atoms with Gasteiger partial charge < -0.3 is 14.4 Å². The second kappa shape index (κ2) is 8.99. The van der Waals surface area contributed by atoms with Crippen LogP contribution in [0.4, 0.5) is 0 Å². The summed E-state index contributed by atoms with van der Waals surface area (Å²) in [6.07, 6.45) is 3.52. The van der Waals surface area contributed by atoms with E-state index in [4.69, 9.17) is 9.47 Å². The predicted molar refractivity (Wildman–Crippen MR) is 142 cm³/mol. The van der Waals surface area contributed by atoms with Crippen LogP contribution in [0.1, 0.15) is 78.2 Å². The van der Waals surface area contributed by atoms with Gasteiger partial charge in [0.2, 0.25) is 0 Å². The fourth-order valence-corrected chi connectivity index (χ4v) is 6.53. The Morgan fingerprint density at radius 3 is 1.97 bits per heavy atom. The van der Waals surface area contributed by atoms with Gasteiger partial charge in [-0.3, -0.25) is 9.59 Å². The van der Waals surface area contributed by atoms with Crippen LogP contribution in [-0.2, 0) is 9.59 Å². The van der Waals surface area contributed by atoms with Crippen LogP contribution in [-0.4, -0.2) is 37.2 Å². The van der Waals surface area contributed by atoms with E-state index in [0.717, 1.165) is 56.7 Å². The maximum Gasteiger partial charge on any atom is 0.174 e. The van der Waals surface area contributed by atoms with Gasteiger partial charge in [-0.1, -0.05) is 34.6 Å². The molecule has 1 aliphatic heterocycles. The van der Waals surface area contributed by atoms with Gasteiger partial charge in [0, 0.05) is 48.3 Å². The van der Waals surface area contributed by atoms with Crippen LogP contribution in [0.15, 0.2) is 34.7 Å². The predicted octanol–water partition coefficient (Wildman–Crippen LogP) is 6.40. The van der Waals surface area contributed by atoms with Gasteiger partial charge in [0.05, 0.1) is 17.3 Å². The molecule has 0 saturated heterocycles. The van der Waals surface area contributed by atoms with Crippen molar-refractivity contribution in [2.24, 2.45) is 10.8 Å². The Balaban J connectivity index is 1.95. The number of Topliss-reactive ketones (excluding diaryl/α,β-unsaturated/α-hetero) is 2. The van der Waals surface area contributed by atoms with Crippen LogP contribution in [0.3, 0.4) is 0 Å². The smallest absolute Gasteiger partial charge is 0.174 e. The Bertz CT molecular complexity index is 1060. The molecule has 2 aliphatic carbocycles. The van der Waals surface area contributed by atoms with Crippen LogP contribution in [0.25, 0.3) is 0 Å². The number of benzene rings is 1. The highest BCUT2D eigenvalue weighted by Gasteiger charge is 2.48. The molecule has 0 spiro atoms. The van der Waals surface area contributed by atoms with Gasteiger partial charge >= 0.3 is 0 Å². The SMILES string of the molecule is CCCOc1c(I)cc(C2C3=C(CC(C)(C)CC3=O)N(C)C3=C2C(=O)CC(C)(C)C3)cc1OC. The molecule has 0 aromatic heterocycles. The van der Waals surface area contributed by atoms with E-state index in [1.807, 2.05) is 13.1 Å². The molecule has 0 atom stereocenters. The number of ether oxygens (including phenoxy) is 2. The number of methoxy groups -OCH3 is 1. The topological polar surface area (TPSA) is 55.8 Å². The normalized spacial score (nSPS) is 22.1. The number of rotatable bonds is 5. The summed E-state index contributed by atoms with van der Waals surface area (Å²) in [5, 5.41) is 0. The van der Waals surface area contributed by atoms with E-state index in [9.17, 15) is 9.59 Å². The molecule has 0 N–H and O–H groups in total. The lowest BCUT2D eigenvalue weighted by atomic mass is 9.64. The molecule has 184 valence electrons. The third-order valence-electron chi connectivity index (χ3n) is 7.22. The summed E-state index contributed by atoms with van der Waals surface area (Å²) in [4.78, 5) is 29.5. The van der Waals surface area contributed by atoms with Crippen molar-refractivity contribution >= 4 is 34.2 Å². The number of ketones is 2. The number of hydrogen-bond donors (Lipinski definition) is 0. The Kier molecular flexibility index (Phi) is 6.68. The monoisotopic (exact) mass is 577 g/mol. The number of hydrogen-bond acceptors (Lipinski definition) is 5. The molecule has 0 radical (unpaired) electrons. The molecule has 3 aliphatic rings. The lowest BCUT2D eigenvalue weighted by molar-refractivity contribution is -0.119. The number of nitrogens with zero attached hydrogens (tertiary/aromatic N) is 1. The number of carbonyl (C=O) groups excluding carboxylic acids is 2. The Hall–Kier alpha value is -1.83. The van der Waals surface area contributed by atoms with Gasteiger partial charge in [-0.15, -0.1) is 0 Å². The Morgan fingerprint density at radius 2 is 1.50 bits per heavy atom. The zero-order valence-corrected chi connectivity index (χ0v) is 23.6. The molecule has 1 aromatic rings. The van der Waals surface area contributed by atoms with Crippen LogP contribution >= 0.6 is 22.6 Å². The molecule has 0 unspecified atom stereocenters. The lowest BCUT2D eigenvalue weighted by Gasteiger charge is -2.48. The molecule has 0 saturated carbocycles. The third-order valence-corrected chi connectivity index (χ3v) is 8.02. The fraction of sp³-hybridized carbons (Fsp3) is 0.571.